The first-order chi connectivity index (χ1) is 16.5. The van der Waals surface area contributed by atoms with Crippen LogP contribution in [0.3, 0.4) is 0 Å². The van der Waals surface area contributed by atoms with Crippen molar-refractivity contribution in [3.63, 3.8) is 0 Å². The predicted molar refractivity (Wildman–Crippen MR) is 128 cm³/mol. The first kappa shape index (κ1) is 20.0. The van der Waals surface area contributed by atoms with Gasteiger partial charge in [0, 0.05) is 5.56 Å². The van der Waals surface area contributed by atoms with Crippen LogP contribution in [0, 0.1) is 6.92 Å². The molecule has 0 saturated carbocycles. The Labute approximate surface area is 194 Å². The number of anilines is 1. The first-order valence-corrected chi connectivity index (χ1v) is 10.8. The Bertz CT molecular complexity index is 1630. The number of amides is 1. The molecule has 0 aliphatic carbocycles. The topological polar surface area (TPSA) is 99.4 Å². The molecule has 1 aliphatic heterocycles. The fraction of sp³-hybridized carbons (Fsp3) is 0.0741. The van der Waals surface area contributed by atoms with Crippen LogP contribution >= 0.6 is 0 Å². The molecule has 7 nitrogen and oxygen atoms in total. The monoisotopic (exact) mass is 449 g/mol. The van der Waals surface area contributed by atoms with Gasteiger partial charge in [0.2, 0.25) is 5.95 Å². The third-order valence-electron chi connectivity index (χ3n) is 6.13. The van der Waals surface area contributed by atoms with Crippen molar-refractivity contribution in [2.24, 2.45) is 0 Å². The lowest BCUT2D eigenvalue weighted by atomic mass is 9.98. The lowest BCUT2D eigenvalue weighted by Gasteiger charge is -2.20. The number of Topliss-reactive ketones (excluding diaryl/α,β-unsaturated/α-hetero) is 1. The molecule has 0 spiro atoms. The first-order valence-electron chi connectivity index (χ1n) is 10.8. The van der Waals surface area contributed by atoms with Gasteiger partial charge >= 0.3 is 5.91 Å². The van der Waals surface area contributed by atoms with Gasteiger partial charge in [-0.25, -0.2) is 4.98 Å². The van der Waals surface area contributed by atoms with Crippen LogP contribution in [0.2, 0.25) is 0 Å². The number of nitrogens with zero attached hydrogens (tertiary/aromatic N) is 2. The highest BCUT2D eigenvalue weighted by Crippen LogP contribution is 2.42. The van der Waals surface area contributed by atoms with Crippen molar-refractivity contribution in [3.8, 4) is 0 Å². The Balaban J connectivity index is 1.55. The Morgan fingerprint density at radius 1 is 1.00 bits per heavy atom. The highest BCUT2D eigenvalue weighted by molar-refractivity contribution is 6.51. The number of aliphatic hydroxyl groups is 1. The number of carbonyl (C=O) groups excluding carboxylic acids is 2. The van der Waals surface area contributed by atoms with E-state index in [2.05, 4.69) is 9.97 Å². The summed E-state index contributed by atoms with van der Waals surface area (Å²) in [6.45, 7) is 1.96. The summed E-state index contributed by atoms with van der Waals surface area (Å²) in [5.74, 6) is -1.30. The third kappa shape index (κ3) is 3.02. The van der Waals surface area contributed by atoms with E-state index in [9.17, 15) is 14.7 Å². The second-order valence-corrected chi connectivity index (χ2v) is 8.33. The molecule has 0 bridgehead atoms. The molecule has 1 fully saturated rings. The van der Waals surface area contributed by atoms with Crippen LogP contribution in [0.4, 0.5) is 5.95 Å². The molecule has 1 amide bonds. The fourth-order valence-electron chi connectivity index (χ4n) is 4.48. The van der Waals surface area contributed by atoms with Gasteiger partial charge in [-0.15, -0.1) is 0 Å². The molecule has 1 aliphatic rings. The van der Waals surface area contributed by atoms with Crippen LogP contribution in [0.15, 0.2) is 89.0 Å². The smallest absolute Gasteiger partial charge is 0.302 e. The van der Waals surface area contributed by atoms with Gasteiger partial charge in [0.05, 0.1) is 22.9 Å². The van der Waals surface area contributed by atoms with Crippen LogP contribution in [0.5, 0.6) is 0 Å². The zero-order chi connectivity index (χ0) is 23.4. The summed E-state index contributed by atoms with van der Waals surface area (Å²) in [6.07, 6.45) is 1.47. The Hall–Kier alpha value is -4.65. The van der Waals surface area contributed by atoms with E-state index in [1.165, 1.54) is 11.2 Å². The van der Waals surface area contributed by atoms with E-state index in [4.69, 9.17) is 4.42 Å². The van der Waals surface area contributed by atoms with E-state index < -0.39 is 17.7 Å². The van der Waals surface area contributed by atoms with Crippen molar-refractivity contribution in [3.05, 3.63) is 102 Å². The quantitative estimate of drug-likeness (QED) is 0.223. The van der Waals surface area contributed by atoms with Gasteiger partial charge in [0.1, 0.15) is 17.6 Å². The van der Waals surface area contributed by atoms with E-state index in [0.717, 1.165) is 21.9 Å². The summed E-state index contributed by atoms with van der Waals surface area (Å²) >= 11 is 0. The third-order valence-corrected chi connectivity index (χ3v) is 6.13. The Morgan fingerprint density at radius 3 is 2.62 bits per heavy atom. The summed E-state index contributed by atoms with van der Waals surface area (Å²) in [5, 5.41) is 13.2. The number of benzene rings is 3. The maximum Gasteiger partial charge on any atom is 0.302 e. The number of fused-ring (bicyclic) bond motifs is 2. The zero-order valence-corrected chi connectivity index (χ0v) is 18.1. The van der Waals surface area contributed by atoms with Crippen LogP contribution in [-0.2, 0) is 9.59 Å². The Kier molecular flexibility index (Phi) is 4.38. The number of hydrogen-bond donors (Lipinski definition) is 2. The molecule has 7 heteroatoms. The molecule has 6 rings (SSSR count). The van der Waals surface area contributed by atoms with Gasteiger partial charge < -0.3 is 14.5 Å². The predicted octanol–water partition coefficient (Wildman–Crippen LogP) is 5.24. The molecule has 2 aromatic heterocycles. The SMILES string of the molecule is Cc1ccc2nc(N3C(=O)C(=O)/C(=C(/O)c4ccc5ccccc5c4)C3c3ccco3)[nH]c2c1. The van der Waals surface area contributed by atoms with E-state index in [-0.39, 0.29) is 17.3 Å². The van der Waals surface area contributed by atoms with Crippen LogP contribution in [-0.4, -0.2) is 26.8 Å². The van der Waals surface area contributed by atoms with Crippen molar-refractivity contribution in [2.75, 3.05) is 4.90 Å². The number of rotatable bonds is 3. The maximum atomic E-state index is 13.2. The number of ketones is 1. The second kappa shape index (κ2) is 7.45. The molecule has 1 unspecified atom stereocenters. The van der Waals surface area contributed by atoms with Crippen molar-refractivity contribution < 1.29 is 19.1 Å². The van der Waals surface area contributed by atoms with Gasteiger partial charge in [-0.05, 0) is 53.6 Å². The minimum absolute atomic E-state index is 0.0492. The Morgan fingerprint density at radius 2 is 1.82 bits per heavy atom. The molecule has 1 saturated heterocycles. The number of furan rings is 1. The number of carbonyl (C=O) groups is 2. The minimum atomic E-state index is -0.969. The van der Waals surface area contributed by atoms with Crippen molar-refractivity contribution in [1.82, 2.24) is 9.97 Å². The van der Waals surface area contributed by atoms with Gasteiger partial charge in [0.25, 0.3) is 5.78 Å². The molecule has 2 N–H and O–H groups in total. The van der Waals surface area contributed by atoms with Gasteiger partial charge in [-0.3, -0.25) is 14.5 Å². The van der Waals surface area contributed by atoms with E-state index in [1.54, 1.807) is 24.3 Å². The molecule has 3 heterocycles. The number of aliphatic hydroxyl groups excluding tert-OH is 1. The van der Waals surface area contributed by atoms with Gasteiger partial charge in [0.15, 0.2) is 0 Å². The molecule has 1 atom stereocenters. The molecule has 0 radical (unpaired) electrons. The van der Waals surface area contributed by atoms with E-state index in [1.807, 2.05) is 55.5 Å². The molecule has 3 aromatic carbocycles. The lowest BCUT2D eigenvalue weighted by molar-refractivity contribution is -0.132. The number of aromatic amines is 1. The molecular formula is C27H19N3O4. The number of nitrogens with one attached hydrogen (secondary N) is 1. The van der Waals surface area contributed by atoms with Crippen LogP contribution in [0.25, 0.3) is 27.6 Å². The van der Waals surface area contributed by atoms with Crippen LogP contribution < -0.4 is 4.90 Å². The minimum Gasteiger partial charge on any atom is -0.507 e. The maximum absolute atomic E-state index is 13.2. The number of hydrogen-bond acceptors (Lipinski definition) is 5. The molecule has 34 heavy (non-hydrogen) atoms. The zero-order valence-electron chi connectivity index (χ0n) is 18.1. The van der Waals surface area contributed by atoms with Gasteiger partial charge in [-0.1, -0.05) is 42.5 Å². The number of aromatic nitrogens is 2. The standard InChI is InChI=1S/C27H19N3O4/c1-15-8-11-19-20(13-15)29-27(28-19)30-23(21-7-4-12-34-21)22(25(32)26(30)33)24(31)18-10-9-16-5-2-3-6-17(16)14-18/h2-14,23,31H,1H3,(H,28,29)/b24-22+. The summed E-state index contributed by atoms with van der Waals surface area (Å²) < 4.78 is 5.61. The highest BCUT2D eigenvalue weighted by atomic mass is 16.3. The molecule has 5 aromatic rings. The number of H-pyrrole nitrogens is 1. The summed E-state index contributed by atoms with van der Waals surface area (Å²) in [4.78, 5) is 35.4. The summed E-state index contributed by atoms with van der Waals surface area (Å²) in [6, 6.07) is 21.2. The fourth-order valence-corrected chi connectivity index (χ4v) is 4.48. The second-order valence-electron chi connectivity index (χ2n) is 8.33. The summed E-state index contributed by atoms with van der Waals surface area (Å²) in [5.41, 5.74) is 2.82. The normalized spacial score (nSPS) is 17.8. The largest absolute Gasteiger partial charge is 0.507 e. The van der Waals surface area contributed by atoms with Crippen LogP contribution in [0.1, 0.15) is 22.9 Å². The van der Waals surface area contributed by atoms with E-state index in [0.29, 0.717) is 16.8 Å². The summed E-state index contributed by atoms with van der Waals surface area (Å²) in [7, 11) is 0. The number of aryl methyl sites for hydroxylation is 1. The molecule has 166 valence electrons. The highest BCUT2D eigenvalue weighted by Gasteiger charge is 2.49. The van der Waals surface area contributed by atoms with Crippen molar-refractivity contribution in [2.45, 2.75) is 13.0 Å². The average molecular weight is 449 g/mol. The van der Waals surface area contributed by atoms with Crippen molar-refractivity contribution in [1.29, 1.82) is 0 Å². The number of imidazole rings is 1. The van der Waals surface area contributed by atoms with E-state index >= 15 is 0 Å². The molecular weight excluding hydrogens is 430 g/mol. The lowest BCUT2D eigenvalue weighted by Crippen LogP contribution is -2.30. The van der Waals surface area contributed by atoms with Gasteiger partial charge in [-0.2, -0.15) is 0 Å². The average Bonchev–Trinajstić information content (AvgIpc) is 3.57. The van der Waals surface area contributed by atoms with Crippen molar-refractivity contribution >= 4 is 45.2 Å².